The van der Waals surface area contributed by atoms with Gasteiger partial charge < -0.3 is 5.32 Å². The molecule has 108 valence electrons. The van der Waals surface area contributed by atoms with Gasteiger partial charge in [-0.3, -0.25) is 0 Å². The predicted octanol–water partition coefficient (Wildman–Crippen LogP) is 4.29. The lowest BCUT2D eigenvalue weighted by Crippen LogP contribution is -2.22. The zero-order valence-electron chi connectivity index (χ0n) is 12.7. The van der Waals surface area contributed by atoms with E-state index in [1.165, 1.54) is 0 Å². The maximum Gasteiger partial charge on any atom is 0.137 e. The Balaban J connectivity index is 2.96. The van der Waals surface area contributed by atoms with E-state index in [0.29, 0.717) is 11.2 Å². The van der Waals surface area contributed by atoms with Crippen LogP contribution in [0.25, 0.3) is 0 Å². The number of nitrogens with zero attached hydrogens (tertiary/aromatic N) is 2. The summed E-state index contributed by atoms with van der Waals surface area (Å²) in [5.74, 6) is 2.78. The maximum atomic E-state index is 6.22. The summed E-state index contributed by atoms with van der Waals surface area (Å²) in [5, 5.41) is 3.99. The number of halogens is 1. The lowest BCUT2D eigenvalue weighted by Gasteiger charge is -2.21. The van der Waals surface area contributed by atoms with Crippen molar-refractivity contribution in [2.75, 3.05) is 17.3 Å². The Hall–Kier alpha value is -0.480. The summed E-state index contributed by atoms with van der Waals surface area (Å²) in [4.78, 5) is 9.02. The van der Waals surface area contributed by atoms with E-state index in [-0.39, 0.29) is 5.41 Å². The first kappa shape index (κ1) is 16.6. The minimum absolute atomic E-state index is 0.101. The molecule has 1 unspecified atom stereocenters. The van der Waals surface area contributed by atoms with Crippen LogP contribution in [-0.2, 0) is 5.41 Å². The molecule has 0 aliphatic carbocycles. The molecule has 0 aliphatic heterocycles. The maximum absolute atomic E-state index is 6.22. The molecule has 1 aromatic heterocycles. The molecular weight excluding hydrogens is 278 g/mol. The molecule has 0 amide bonds. The van der Waals surface area contributed by atoms with Crippen LogP contribution in [0.15, 0.2) is 0 Å². The lowest BCUT2D eigenvalue weighted by molar-refractivity contribution is 0.544. The van der Waals surface area contributed by atoms with Crippen molar-refractivity contribution in [2.24, 2.45) is 0 Å². The minimum atomic E-state index is -0.101. The number of anilines is 1. The molecule has 1 aromatic rings. The van der Waals surface area contributed by atoms with Gasteiger partial charge in [0, 0.05) is 17.0 Å². The number of nitrogens with one attached hydrogen (secondary N) is 1. The van der Waals surface area contributed by atoms with E-state index in [9.17, 15) is 0 Å². The van der Waals surface area contributed by atoms with Gasteiger partial charge in [-0.25, -0.2) is 9.97 Å². The topological polar surface area (TPSA) is 37.8 Å². The molecule has 0 fully saturated rings. The van der Waals surface area contributed by atoms with Crippen molar-refractivity contribution in [3.8, 4) is 0 Å². The van der Waals surface area contributed by atoms with Gasteiger partial charge in [0.25, 0.3) is 0 Å². The van der Waals surface area contributed by atoms with E-state index >= 15 is 0 Å². The van der Waals surface area contributed by atoms with E-state index in [1.807, 2.05) is 18.7 Å². The zero-order valence-corrected chi connectivity index (χ0v) is 14.2. The fourth-order valence-corrected chi connectivity index (χ4v) is 2.32. The van der Waals surface area contributed by atoms with Crippen molar-refractivity contribution in [3.63, 3.8) is 0 Å². The molecule has 0 spiro atoms. The van der Waals surface area contributed by atoms with Crippen LogP contribution < -0.4 is 5.32 Å². The fourth-order valence-electron chi connectivity index (χ4n) is 1.57. The number of hydrogen-bond acceptors (Lipinski definition) is 4. The Bertz CT molecular complexity index is 429. The minimum Gasteiger partial charge on any atom is -0.367 e. The number of rotatable bonds is 5. The molecule has 0 bridgehead atoms. The van der Waals surface area contributed by atoms with E-state index in [1.54, 1.807) is 0 Å². The normalized spacial score (nSPS) is 13.4. The number of aromatic nitrogens is 2. The van der Waals surface area contributed by atoms with Gasteiger partial charge in [0.05, 0.1) is 0 Å². The van der Waals surface area contributed by atoms with Crippen LogP contribution in [0.4, 0.5) is 5.82 Å². The van der Waals surface area contributed by atoms with Crippen LogP contribution in [0, 0.1) is 6.92 Å². The highest BCUT2D eigenvalue weighted by Crippen LogP contribution is 2.26. The Labute approximate surface area is 125 Å². The van der Waals surface area contributed by atoms with E-state index in [4.69, 9.17) is 11.6 Å². The molecule has 0 radical (unpaired) electrons. The van der Waals surface area contributed by atoms with Gasteiger partial charge in [-0.15, -0.1) is 0 Å². The third-order valence-corrected chi connectivity index (χ3v) is 3.91. The van der Waals surface area contributed by atoms with Crippen molar-refractivity contribution in [3.05, 3.63) is 16.5 Å². The average molecular weight is 302 g/mol. The summed E-state index contributed by atoms with van der Waals surface area (Å²) < 4.78 is 0. The van der Waals surface area contributed by atoms with Crippen LogP contribution in [0.1, 0.15) is 45.5 Å². The fraction of sp³-hybridized carbons (Fsp3) is 0.714. The highest BCUT2D eigenvalue weighted by Gasteiger charge is 2.21. The summed E-state index contributed by atoms with van der Waals surface area (Å²) in [6.07, 6.45) is 3.23. The van der Waals surface area contributed by atoms with Crippen LogP contribution in [-0.4, -0.2) is 28.0 Å². The SMILES string of the molecule is CSCCC(C)Nc1nc(C(C)(C)C)nc(Cl)c1C. The summed E-state index contributed by atoms with van der Waals surface area (Å²) in [6.45, 7) is 10.4. The molecule has 1 N–H and O–H groups in total. The van der Waals surface area contributed by atoms with Gasteiger partial charge in [0.1, 0.15) is 16.8 Å². The van der Waals surface area contributed by atoms with Crippen LogP contribution in [0.2, 0.25) is 5.15 Å². The van der Waals surface area contributed by atoms with Gasteiger partial charge in [0.15, 0.2) is 0 Å². The molecule has 0 aliphatic rings. The predicted molar refractivity (Wildman–Crippen MR) is 86.6 cm³/mol. The highest BCUT2D eigenvalue weighted by atomic mass is 35.5. The first-order valence-electron chi connectivity index (χ1n) is 6.55. The second kappa shape index (κ2) is 6.80. The van der Waals surface area contributed by atoms with Crippen molar-refractivity contribution in [2.45, 2.75) is 52.5 Å². The first-order valence-corrected chi connectivity index (χ1v) is 8.33. The monoisotopic (exact) mass is 301 g/mol. The van der Waals surface area contributed by atoms with Crippen LogP contribution in [0.3, 0.4) is 0 Å². The summed E-state index contributed by atoms with van der Waals surface area (Å²) in [5.41, 5.74) is 0.821. The molecule has 0 saturated heterocycles. The summed E-state index contributed by atoms with van der Waals surface area (Å²) >= 11 is 8.07. The molecule has 3 nitrogen and oxygen atoms in total. The van der Waals surface area contributed by atoms with Crippen molar-refractivity contribution in [1.29, 1.82) is 0 Å². The molecule has 19 heavy (non-hydrogen) atoms. The molecule has 0 aromatic carbocycles. The van der Waals surface area contributed by atoms with Gasteiger partial charge >= 0.3 is 0 Å². The standard InChI is InChI=1S/C14H24ClN3S/c1-9(7-8-19-6)16-12-10(2)11(15)17-13(18-12)14(3,4)5/h9H,7-8H2,1-6H3,(H,16,17,18). The second-order valence-electron chi connectivity index (χ2n) is 5.89. The average Bonchev–Trinajstić information content (AvgIpc) is 2.30. The van der Waals surface area contributed by atoms with E-state index in [2.05, 4.69) is 49.2 Å². The third kappa shape index (κ3) is 4.84. The molecule has 1 heterocycles. The van der Waals surface area contributed by atoms with Crippen molar-refractivity contribution >= 4 is 29.2 Å². The van der Waals surface area contributed by atoms with Crippen molar-refractivity contribution in [1.82, 2.24) is 9.97 Å². The summed E-state index contributed by atoms with van der Waals surface area (Å²) in [6, 6.07) is 0.380. The zero-order chi connectivity index (χ0) is 14.6. The quantitative estimate of drug-likeness (QED) is 0.823. The van der Waals surface area contributed by atoms with E-state index < -0.39 is 0 Å². The summed E-state index contributed by atoms with van der Waals surface area (Å²) in [7, 11) is 0. The number of hydrogen-bond donors (Lipinski definition) is 1. The van der Waals surface area contributed by atoms with Gasteiger partial charge in [-0.05, 0) is 32.3 Å². The van der Waals surface area contributed by atoms with Crippen LogP contribution >= 0.6 is 23.4 Å². The largest absolute Gasteiger partial charge is 0.367 e. The first-order chi connectivity index (χ1) is 8.75. The second-order valence-corrected chi connectivity index (χ2v) is 7.23. The molecule has 1 atom stereocenters. The highest BCUT2D eigenvalue weighted by molar-refractivity contribution is 7.98. The smallest absolute Gasteiger partial charge is 0.137 e. The van der Waals surface area contributed by atoms with Gasteiger partial charge in [-0.1, -0.05) is 32.4 Å². The Morgan fingerprint density at radius 3 is 2.47 bits per heavy atom. The Morgan fingerprint density at radius 2 is 1.95 bits per heavy atom. The number of thioether (sulfide) groups is 1. The molecular formula is C14H24ClN3S. The molecule has 1 rings (SSSR count). The molecule has 5 heteroatoms. The van der Waals surface area contributed by atoms with E-state index in [0.717, 1.165) is 29.4 Å². The molecule has 0 saturated carbocycles. The van der Waals surface area contributed by atoms with Gasteiger partial charge in [-0.2, -0.15) is 11.8 Å². The Kier molecular flexibility index (Phi) is 5.93. The van der Waals surface area contributed by atoms with Gasteiger partial charge in [0.2, 0.25) is 0 Å². The Morgan fingerprint density at radius 1 is 1.32 bits per heavy atom. The van der Waals surface area contributed by atoms with Crippen LogP contribution in [0.5, 0.6) is 0 Å². The van der Waals surface area contributed by atoms with Crippen molar-refractivity contribution < 1.29 is 0 Å². The third-order valence-electron chi connectivity index (χ3n) is 2.90. The lowest BCUT2D eigenvalue weighted by atomic mass is 9.95.